The number of carbonyl (C=O) groups is 1. The van der Waals surface area contributed by atoms with Crippen molar-refractivity contribution in [3.63, 3.8) is 0 Å². The molecule has 2 aromatic rings. The van der Waals surface area contributed by atoms with E-state index in [4.69, 9.17) is 15.9 Å². The minimum atomic E-state index is -0.326. The number of pyridine rings is 1. The van der Waals surface area contributed by atoms with Crippen molar-refractivity contribution in [2.75, 3.05) is 19.4 Å². The predicted molar refractivity (Wildman–Crippen MR) is 117 cm³/mol. The molecule has 2 rings (SSSR count). The Morgan fingerprint density at radius 2 is 2.07 bits per heavy atom. The quantitative estimate of drug-likeness (QED) is 0.488. The van der Waals surface area contributed by atoms with Crippen molar-refractivity contribution >= 4 is 23.5 Å². The summed E-state index contributed by atoms with van der Waals surface area (Å²) in [6.45, 7) is 6.88. The molecule has 1 atom stereocenters. The average molecular weight is 396 g/mol. The van der Waals surface area contributed by atoms with Crippen LogP contribution in [0.4, 0.5) is 5.82 Å². The summed E-state index contributed by atoms with van der Waals surface area (Å²) in [6.07, 6.45) is 4.39. The Balaban J connectivity index is 1.97. The summed E-state index contributed by atoms with van der Waals surface area (Å²) in [5.74, 6) is -0.184. The van der Waals surface area contributed by atoms with Crippen LogP contribution in [0.25, 0.3) is 5.57 Å². The molecule has 7 heteroatoms. The van der Waals surface area contributed by atoms with Gasteiger partial charge in [-0.25, -0.2) is 4.98 Å². The van der Waals surface area contributed by atoms with Crippen molar-refractivity contribution < 1.29 is 9.53 Å². The monoisotopic (exact) mass is 395 g/mol. The Morgan fingerprint density at radius 3 is 2.72 bits per heavy atom. The van der Waals surface area contributed by atoms with E-state index < -0.39 is 0 Å². The normalized spacial score (nSPS) is 12.3. The molecule has 1 amide bonds. The number of anilines is 1. The maximum absolute atomic E-state index is 12.6. The molecular formula is C22H29N5O2. The molecule has 7 nitrogen and oxygen atoms in total. The molecule has 0 saturated heterocycles. The summed E-state index contributed by atoms with van der Waals surface area (Å²) >= 11 is 0. The third-order valence-corrected chi connectivity index (χ3v) is 4.54. The van der Waals surface area contributed by atoms with Gasteiger partial charge in [-0.05, 0) is 43.5 Å². The molecule has 0 fully saturated rings. The number of carbonyl (C=O) groups excluding carboxylic acids is 1. The van der Waals surface area contributed by atoms with Gasteiger partial charge in [0.05, 0.1) is 18.8 Å². The highest BCUT2D eigenvalue weighted by Gasteiger charge is 2.15. The summed E-state index contributed by atoms with van der Waals surface area (Å²) in [5.41, 5.74) is 11.0. The number of allylic oxidation sites excluding steroid dienone is 1. The average Bonchev–Trinajstić information content (AvgIpc) is 2.69. The number of benzene rings is 1. The number of aromatic nitrogens is 1. The lowest BCUT2D eigenvalue weighted by Gasteiger charge is -2.16. The molecule has 1 aromatic carbocycles. The van der Waals surface area contributed by atoms with E-state index in [2.05, 4.69) is 41.6 Å². The molecule has 0 bridgehead atoms. The van der Waals surface area contributed by atoms with Crippen molar-refractivity contribution in [3.05, 3.63) is 64.5 Å². The molecule has 0 aliphatic rings. The Kier molecular flexibility index (Phi) is 7.91. The van der Waals surface area contributed by atoms with Crippen LogP contribution >= 0.6 is 0 Å². The maximum atomic E-state index is 12.6. The van der Waals surface area contributed by atoms with Crippen LogP contribution in [0.2, 0.25) is 0 Å². The Morgan fingerprint density at radius 1 is 1.31 bits per heavy atom. The van der Waals surface area contributed by atoms with Gasteiger partial charge in [-0.2, -0.15) is 0 Å². The summed E-state index contributed by atoms with van der Waals surface area (Å²) < 4.78 is 5.75. The fourth-order valence-electron chi connectivity index (χ4n) is 2.77. The number of nitrogens with zero attached hydrogens (tertiary/aromatic N) is 1. The lowest BCUT2D eigenvalue weighted by atomic mass is 10.1. The van der Waals surface area contributed by atoms with Crippen LogP contribution in [0, 0.1) is 19.3 Å². The number of hydrogen-bond donors (Lipinski definition) is 4. The summed E-state index contributed by atoms with van der Waals surface area (Å²) in [6, 6.07) is 7.66. The van der Waals surface area contributed by atoms with Crippen molar-refractivity contribution in [1.82, 2.24) is 15.6 Å². The van der Waals surface area contributed by atoms with Gasteiger partial charge in [0.15, 0.2) is 0 Å². The van der Waals surface area contributed by atoms with Crippen LogP contribution in [-0.2, 0) is 11.3 Å². The van der Waals surface area contributed by atoms with Crippen LogP contribution in [-0.4, -0.2) is 36.8 Å². The molecule has 29 heavy (non-hydrogen) atoms. The van der Waals surface area contributed by atoms with Gasteiger partial charge in [-0.1, -0.05) is 18.2 Å². The number of nitrogens with one attached hydrogen (secondary N) is 3. The van der Waals surface area contributed by atoms with Crippen molar-refractivity contribution in [1.29, 1.82) is 5.41 Å². The lowest BCUT2D eigenvalue weighted by molar-refractivity contribution is 0.0820. The molecule has 1 heterocycles. The van der Waals surface area contributed by atoms with Crippen LogP contribution in [0.1, 0.15) is 39.5 Å². The van der Waals surface area contributed by atoms with Crippen LogP contribution in [0.5, 0.6) is 0 Å². The number of nitrogen functional groups attached to an aromatic ring is 1. The van der Waals surface area contributed by atoms with E-state index >= 15 is 0 Å². The van der Waals surface area contributed by atoms with Gasteiger partial charge < -0.3 is 26.5 Å². The molecule has 0 aliphatic heterocycles. The minimum Gasteiger partial charge on any atom is -0.393 e. The number of ether oxygens (including phenoxy) is 1. The van der Waals surface area contributed by atoms with Gasteiger partial charge in [0.1, 0.15) is 5.82 Å². The molecule has 5 N–H and O–H groups in total. The SMILES string of the molecule is CN/C=C(\C=N)c1cnc(N)c(C(=O)NC(C)COCc2ccc(C)c(C)c2)c1. The van der Waals surface area contributed by atoms with E-state index in [9.17, 15) is 4.79 Å². The summed E-state index contributed by atoms with van der Waals surface area (Å²) in [7, 11) is 1.74. The highest BCUT2D eigenvalue weighted by molar-refractivity contribution is 6.09. The fraction of sp³-hybridized carbons (Fsp3) is 0.318. The fourth-order valence-corrected chi connectivity index (χ4v) is 2.77. The maximum Gasteiger partial charge on any atom is 0.255 e. The van der Waals surface area contributed by atoms with E-state index in [0.717, 1.165) is 5.56 Å². The molecule has 1 unspecified atom stereocenters. The number of rotatable bonds is 9. The molecule has 0 spiro atoms. The van der Waals surface area contributed by atoms with Crippen LogP contribution in [0.3, 0.4) is 0 Å². The van der Waals surface area contributed by atoms with E-state index in [0.29, 0.717) is 24.4 Å². The first-order chi connectivity index (χ1) is 13.8. The molecule has 0 radical (unpaired) electrons. The van der Waals surface area contributed by atoms with E-state index in [1.54, 1.807) is 19.3 Å². The van der Waals surface area contributed by atoms with Crippen LogP contribution < -0.4 is 16.4 Å². The first-order valence-corrected chi connectivity index (χ1v) is 9.44. The standard InChI is InChI=1S/C22H29N5O2/c1-14-5-6-17(7-15(14)2)13-29-12-16(3)27-22(28)20-8-18(11-26-21(20)24)19(9-23)10-25-4/h5-11,16,23,25H,12-13H2,1-4H3,(H2,24,26)(H,27,28)/b19-10+,23-9?. The number of hydrogen-bond acceptors (Lipinski definition) is 6. The second-order valence-corrected chi connectivity index (χ2v) is 7.00. The van der Waals surface area contributed by atoms with E-state index in [1.807, 2.05) is 13.0 Å². The van der Waals surface area contributed by atoms with Crippen molar-refractivity contribution in [2.24, 2.45) is 0 Å². The third-order valence-electron chi connectivity index (χ3n) is 4.54. The Labute approximate surface area is 171 Å². The third kappa shape index (κ3) is 6.15. The zero-order valence-electron chi connectivity index (χ0n) is 17.4. The van der Waals surface area contributed by atoms with Gasteiger partial charge in [0, 0.05) is 42.8 Å². The first kappa shape index (κ1) is 22.1. The van der Waals surface area contributed by atoms with E-state index in [1.165, 1.54) is 23.5 Å². The second kappa shape index (κ2) is 10.4. The first-order valence-electron chi connectivity index (χ1n) is 9.44. The molecule has 154 valence electrons. The Bertz CT molecular complexity index is 908. The predicted octanol–water partition coefficient (Wildman–Crippen LogP) is 2.83. The van der Waals surface area contributed by atoms with Gasteiger partial charge >= 0.3 is 0 Å². The van der Waals surface area contributed by atoms with E-state index in [-0.39, 0.29) is 23.3 Å². The summed E-state index contributed by atoms with van der Waals surface area (Å²) in [4.78, 5) is 16.7. The van der Waals surface area contributed by atoms with Gasteiger partial charge in [-0.15, -0.1) is 0 Å². The van der Waals surface area contributed by atoms with Crippen molar-refractivity contribution in [3.8, 4) is 0 Å². The van der Waals surface area contributed by atoms with Gasteiger partial charge in [0.2, 0.25) is 0 Å². The zero-order chi connectivity index (χ0) is 21.4. The molecule has 0 saturated carbocycles. The highest BCUT2D eigenvalue weighted by atomic mass is 16.5. The number of nitrogens with two attached hydrogens (primary N) is 1. The topological polar surface area (TPSA) is 113 Å². The molecular weight excluding hydrogens is 366 g/mol. The minimum absolute atomic E-state index is 0.142. The zero-order valence-corrected chi connectivity index (χ0v) is 17.4. The smallest absolute Gasteiger partial charge is 0.255 e. The second-order valence-electron chi connectivity index (χ2n) is 7.00. The Hall–Kier alpha value is -3.19. The summed E-state index contributed by atoms with van der Waals surface area (Å²) in [5, 5.41) is 13.3. The number of aryl methyl sites for hydroxylation is 2. The number of amides is 1. The molecule has 0 aliphatic carbocycles. The molecule has 1 aromatic heterocycles. The largest absolute Gasteiger partial charge is 0.393 e. The van der Waals surface area contributed by atoms with Gasteiger partial charge in [0.25, 0.3) is 5.91 Å². The highest BCUT2D eigenvalue weighted by Crippen LogP contribution is 2.17. The van der Waals surface area contributed by atoms with Crippen LogP contribution in [0.15, 0.2) is 36.7 Å². The lowest BCUT2D eigenvalue weighted by Crippen LogP contribution is -2.36. The van der Waals surface area contributed by atoms with Gasteiger partial charge in [-0.3, -0.25) is 4.79 Å². The van der Waals surface area contributed by atoms with Crippen molar-refractivity contribution in [2.45, 2.75) is 33.4 Å².